The number of esters is 1. The molecule has 1 saturated carbocycles. The molecule has 1 aliphatic rings. The first-order valence-corrected chi connectivity index (χ1v) is 5.23. The molecule has 0 saturated heterocycles. The summed E-state index contributed by atoms with van der Waals surface area (Å²) in [6, 6.07) is 1.75. The van der Waals surface area contributed by atoms with Crippen molar-refractivity contribution in [2.75, 3.05) is 6.61 Å². The summed E-state index contributed by atoms with van der Waals surface area (Å²) >= 11 is 11.1. The molecule has 1 fully saturated rings. The Balaban J connectivity index is 2.63. The van der Waals surface area contributed by atoms with E-state index in [1.54, 1.807) is 12.1 Å². The van der Waals surface area contributed by atoms with E-state index in [0.29, 0.717) is 0 Å². The first-order chi connectivity index (χ1) is 6.91. The van der Waals surface area contributed by atoms with Crippen LogP contribution in [0, 0.1) is 28.6 Å². The number of carbonyl (C=O) groups is 1. The Hall–Kier alpha value is -0.720. The molecule has 5 heteroatoms. The highest BCUT2D eigenvalue weighted by molar-refractivity contribution is 6.55. The third-order valence-corrected chi connectivity index (χ3v) is 3.00. The fourth-order valence-corrected chi connectivity index (χ4v) is 2.04. The van der Waals surface area contributed by atoms with Gasteiger partial charge in [-0.3, -0.25) is 4.79 Å². The van der Waals surface area contributed by atoms with Crippen LogP contribution in [0.2, 0.25) is 0 Å². The van der Waals surface area contributed by atoms with Gasteiger partial charge in [-0.25, -0.2) is 0 Å². The quantitative estimate of drug-likeness (QED) is 0.721. The molecule has 0 amide bonds. The van der Waals surface area contributed by atoms with Gasteiger partial charge < -0.3 is 4.74 Å². The standard InChI is InChI=1S/C10H11Cl2NO2/c1-10(2)6(5-7(11)12)8(10)9(14)15-4-3-13/h5-6,8H,4H2,1-2H3. The van der Waals surface area contributed by atoms with Crippen LogP contribution >= 0.6 is 23.2 Å². The average molecular weight is 248 g/mol. The van der Waals surface area contributed by atoms with E-state index in [0.717, 1.165) is 0 Å². The van der Waals surface area contributed by atoms with E-state index in [1.165, 1.54) is 0 Å². The van der Waals surface area contributed by atoms with Gasteiger partial charge in [0.15, 0.2) is 6.61 Å². The molecule has 15 heavy (non-hydrogen) atoms. The molecule has 1 rings (SSSR count). The number of ether oxygens (including phenoxy) is 1. The van der Waals surface area contributed by atoms with Crippen LogP contribution in [0.4, 0.5) is 0 Å². The largest absolute Gasteiger partial charge is 0.450 e. The summed E-state index contributed by atoms with van der Waals surface area (Å²) in [4.78, 5) is 11.5. The smallest absolute Gasteiger partial charge is 0.311 e. The molecule has 0 aromatic carbocycles. The Morgan fingerprint density at radius 2 is 2.20 bits per heavy atom. The molecule has 0 spiro atoms. The number of nitriles is 1. The third-order valence-electron chi connectivity index (χ3n) is 2.75. The molecule has 0 N–H and O–H groups in total. The van der Waals surface area contributed by atoms with E-state index in [-0.39, 0.29) is 34.3 Å². The number of hydrogen-bond donors (Lipinski definition) is 0. The maximum absolute atomic E-state index is 11.5. The SMILES string of the molecule is CC1(C)C(C=C(Cl)Cl)C1C(=O)OCC#N. The van der Waals surface area contributed by atoms with E-state index in [4.69, 9.17) is 33.2 Å². The Morgan fingerprint density at radius 3 is 2.67 bits per heavy atom. The molecule has 0 heterocycles. The van der Waals surface area contributed by atoms with E-state index < -0.39 is 0 Å². The highest BCUT2D eigenvalue weighted by Gasteiger charge is 2.61. The first kappa shape index (κ1) is 12.4. The lowest BCUT2D eigenvalue weighted by molar-refractivity contribution is -0.144. The van der Waals surface area contributed by atoms with Crippen LogP contribution < -0.4 is 0 Å². The zero-order chi connectivity index (χ0) is 11.6. The Morgan fingerprint density at radius 1 is 1.60 bits per heavy atom. The average Bonchev–Trinajstić information content (AvgIpc) is 2.63. The number of hydrogen-bond acceptors (Lipinski definition) is 3. The van der Waals surface area contributed by atoms with Crippen LogP contribution in [0.25, 0.3) is 0 Å². The molecule has 1 aliphatic carbocycles. The number of nitrogens with zero attached hydrogens (tertiary/aromatic N) is 1. The van der Waals surface area contributed by atoms with Crippen molar-refractivity contribution in [2.24, 2.45) is 17.3 Å². The summed E-state index contributed by atoms with van der Waals surface area (Å²) in [6.07, 6.45) is 1.64. The van der Waals surface area contributed by atoms with Crippen LogP contribution in [0.3, 0.4) is 0 Å². The fraction of sp³-hybridized carbons (Fsp3) is 0.600. The molecule has 2 unspecified atom stereocenters. The van der Waals surface area contributed by atoms with Crippen LogP contribution in [-0.2, 0) is 9.53 Å². The zero-order valence-electron chi connectivity index (χ0n) is 8.46. The van der Waals surface area contributed by atoms with Gasteiger partial charge in [0, 0.05) is 0 Å². The van der Waals surface area contributed by atoms with Crippen molar-refractivity contribution in [3.8, 4) is 6.07 Å². The Labute approximate surface area is 98.6 Å². The highest BCUT2D eigenvalue weighted by Crippen LogP contribution is 2.60. The predicted octanol–water partition coefficient (Wildman–Crippen LogP) is 2.64. The summed E-state index contributed by atoms with van der Waals surface area (Å²) in [6.45, 7) is 3.66. The van der Waals surface area contributed by atoms with Gasteiger partial charge in [0.25, 0.3) is 0 Å². The van der Waals surface area contributed by atoms with Crippen molar-refractivity contribution in [2.45, 2.75) is 13.8 Å². The van der Waals surface area contributed by atoms with Crippen molar-refractivity contribution in [3.05, 3.63) is 10.6 Å². The van der Waals surface area contributed by atoms with Gasteiger partial charge in [-0.15, -0.1) is 0 Å². The topological polar surface area (TPSA) is 50.1 Å². The maximum atomic E-state index is 11.5. The van der Waals surface area contributed by atoms with Gasteiger partial charge in [0.2, 0.25) is 0 Å². The molecule has 0 radical (unpaired) electrons. The van der Waals surface area contributed by atoms with Gasteiger partial charge in [-0.05, 0) is 17.4 Å². The third kappa shape index (κ3) is 2.64. The van der Waals surface area contributed by atoms with Gasteiger partial charge in [0.05, 0.1) is 5.92 Å². The second kappa shape index (κ2) is 4.42. The summed E-state index contributed by atoms with van der Waals surface area (Å²) in [5.41, 5.74) is -0.193. The number of allylic oxidation sites excluding steroid dienone is 1. The Kier molecular flexibility index (Phi) is 3.64. The van der Waals surface area contributed by atoms with Crippen LogP contribution in [0.5, 0.6) is 0 Å². The van der Waals surface area contributed by atoms with Crippen molar-refractivity contribution in [3.63, 3.8) is 0 Å². The molecular formula is C10H11Cl2NO2. The summed E-state index contributed by atoms with van der Waals surface area (Å²) < 4.78 is 4.90. The van der Waals surface area contributed by atoms with Crippen molar-refractivity contribution in [1.29, 1.82) is 5.26 Å². The molecule has 0 aromatic rings. The zero-order valence-corrected chi connectivity index (χ0v) is 9.97. The van der Waals surface area contributed by atoms with Gasteiger partial charge in [-0.1, -0.05) is 37.0 Å². The predicted molar refractivity (Wildman–Crippen MR) is 57.1 cm³/mol. The van der Waals surface area contributed by atoms with Gasteiger partial charge in [-0.2, -0.15) is 5.26 Å². The van der Waals surface area contributed by atoms with E-state index in [2.05, 4.69) is 0 Å². The lowest BCUT2D eigenvalue weighted by Gasteiger charge is -2.00. The summed E-state index contributed by atoms with van der Waals surface area (Å²) in [7, 11) is 0. The van der Waals surface area contributed by atoms with Crippen molar-refractivity contribution < 1.29 is 9.53 Å². The van der Waals surface area contributed by atoms with E-state index in [1.807, 2.05) is 13.8 Å². The molecular weight excluding hydrogens is 237 g/mol. The summed E-state index contributed by atoms with van der Waals surface area (Å²) in [5, 5.41) is 8.28. The van der Waals surface area contributed by atoms with Crippen LogP contribution in [-0.4, -0.2) is 12.6 Å². The fourth-order valence-electron chi connectivity index (χ4n) is 1.77. The number of halogens is 2. The minimum absolute atomic E-state index is 0.00584. The monoisotopic (exact) mass is 247 g/mol. The van der Waals surface area contributed by atoms with Crippen LogP contribution in [0.1, 0.15) is 13.8 Å². The molecule has 0 aliphatic heterocycles. The van der Waals surface area contributed by atoms with E-state index >= 15 is 0 Å². The van der Waals surface area contributed by atoms with Gasteiger partial charge in [0.1, 0.15) is 10.6 Å². The minimum Gasteiger partial charge on any atom is -0.450 e. The molecule has 0 aromatic heterocycles. The summed E-state index contributed by atoms with van der Waals surface area (Å²) in [5.74, 6) is -0.621. The number of rotatable bonds is 3. The van der Waals surface area contributed by atoms with Crippen molar-refractivity contribution in [1.82, 2.24) is 0 Å². The van der Waals surface area contributed by atoms with Crippen LogP contribution in [0.15, 0.2) is 10.6 Å². The molecule has 2 atom stereocenters. The molecule has 82 valence electrons. The second-order valence-corrected chi connectivity index (χ2v) is 5.05. The van der Waals surface area contributed by atoms with E-state index in [9.17, 15) is 4.79 Å². The normalized spacial score (nSPS) is 26.3. The maximum Gasteiger partial charge on any atom is 0.311 e. The Bertz CT molecular complexity index is 340. The highest BCUT2D eigenvalue weighted by atomic mass is 35.5. The lowest BCUT2D eigenvalue weighted by atomic mass is 10.1. The minimum atomic E-state index is -0.364. The van der Waals surface area contributed by atoms with Crippen molar-refractivity contribution >= 4 is 29.2 Å². The molecule has 3 nitrogen and oxygen atoms in total. The number of carbonyl (C=O) groups excluding carboxylic acids is 1. The first-order valence-electron chi connectivity index (χ1n) is 4.47. The second-order valence-electron chi connectivity index (χ2n) is 4.05. The molecule has 0 bridgehead atoms. The van der Waals surface area contributed by atoms with Gasteiger partial charge >= 0.3 is 5.97 Å². The lowest BCUT2D eigenvalue weighted by Crippen LogP contribution is -2.10.